The fraction of sp³-hybridized carbons (Fsp3) is 0.545. The highest BCUT2D eigenvalue weighted by atomic mass is 16.4. The van der Waals surface area contributed by atoms with Gasteiger partial charge in [-0.15, -0.1) is 0 Å². The lowest BCUT2D eigenvalue weighted by atomic mass is 10.1. The number of carboxylic acid groups (broad SMARTS) is 1. The second-order valence-corrected chi connectivity index (χ2v) is 4.53. The Morgan fingerprint density at radius 3 is 2.61 bits per heavy atom. The number of aryl methyl sites for hydroxylation is 2. The van der Waals surface area contributed by atoms with Crippen LogP contribution in [0.3, 0.4) is 0 Å². The predicted octanol–water partition coefficient (Wildman–Crippen LogP) is 0.967. The van der Waals surface area contributed by atoms with Gasteiger partial charge in [0.05, 0.1) is 11.4 Å². The maximum absolute atomic E-state index is 11.7. The van der Waals surface area contributed by atoms with E-state index in [2.05, 4.69) is 15.7 Å². The molecule has 0 bridgehead atoms. The van der Waals surface area contributed by atoms with E-state index in [0.29, 0.717) is 12.1 Å². The van der Waals surface area contributed by atoms with Gasteiger partial charge in [-0.05, 0) is 20.3 Å². The Balaban J connectivity index is 2.73. The van der Waals surface area contributed by atoms with E-state index in [1.165, 1.54) is 13.8 Å². The van der Waals surface area contributed by atoms with Crippen LogP contribution in [0.5, 0.6) is 0 Å². The van der Waals surface area contributed by atoms with Crippen LogP contribution in [0, 0.1) is 0 Å². The number of hydrogen-bond acceptors (Lipinski definition) is 3. The highest BCUT2D eigenvalue weighted by Gasteiger charge is 2.29. The van der Waals surface area contributed by atoms with Crippen molar-refractivity contribution in [2.75, 3.05) is 5.32 Å². The van der Waals surface area contributed by atoms with Gasteiger partial charge in [-0.25, -0.2) is 9.59 Å². The maximum Gasteiger partial charge on any atom is 0.328 e. The summed E-state index contributed by atoms with van der Waals surface area (Å²) in [5.41, 5.74) is 0.0121. The zero-order valence-corrected chi connectivity index (χ0v) is 10.9. The molecule has 0 aliphatic rings. The van der Waals surface area contributed by atoms with Crippen LogP contribution in [0.1, 0.15) is 26.5 Å². The molecule has 0 saturated heterocycles. The number of urea groups is 1. The maximum atomic E-state index is 11.7. The van der Waals surface area contributed by atoms with E-state index in [4.69, 9.17) is 5.11 Å². The molecule has 0 spiro atoms. The number of hydrogen-bond donors (Lipinski definition) is 3. The quantitative estimate of drug-likeness (QED) is 0.745. The summed E-state index contributed by atoms with van der Waals surface area (Å²) in [7, 11) is 1.75. The van der Waals surface area contributed by atoms with Crippen molar-refractivity contribution in [3.05, 3.63) is 11.9 Å². The molecule has 7 nitrogen and oxygen atoms in total. The molecule has 1 aromatic heterocycles. The summed E-state index contributed by atoms with van der Waals surface area (Å²) in [5, 5.41) is 18.0. The van der Waals surface area contributed by atoms with Crippen molar-refractivity contribution < 1.29 is 14.7 Å². The third kappa shape index (κ3) is 3.22. The number of rotatable bonds is 4. The lowest BCUT2D eigenvalue weighted by molar-refractivity contribution is -0.142. The zero-order valence-electron chi connectivity index (χ0n) is 10.9. The number of nitrogens with one attached hydrogen (secondary N) is 2. The number of nitrogens with zero attached hydrogens (tertiary/aromatic N) is 2. The van der Waals surface area contributed by atoms with Crippen LogP contribution in [0.4, 0.5) is 10.5 Å². The average Bonchev–Trinajstić information content (AvgIpc) is 2.57. The first kappa shape index (κ1) is 14.0. The standard InChI is InChI=1S/C11H18N4O3/c1-5-7-8(6-15(4)14-7)12-10(18)13-11(2,3)9(16)17/h6H,5H2,1-4H3,(H,16,17)(H2,12,13,18). The van der Waals surface area contributed by atoms with Crippen LogP contribution >= 0.6 is 0 Å². The topological polar surface area (TPSA) is 96.3 Å². The van der Waals surface area contributed by atoms with Crippen molar-refractivity contribution in [1.82, 2.24) is 15.1 Å². The van der Waals surface area contributed by atoms with Gasteiger partial charge < -0.3 is 15.7 Å². The average molecular weight is 254 g/mol. The van der Waals surface area contributed by atoms with Crippen LogP contribution in [0.15, 0.2) is 6.20 Å². The molecule has 0 aliphatic carbocycles. The van der Waals surface area contributed by atoms with Crippen molar-refractivity contribution in [2.45, 2.75) is 32.7 Å². The van der Waals surface area contributed by atoms with Gasteiger partial charge in [-0.2, -0.15) is 5.10 Å². The summed E-state index contributed by atoms with van der Waals surface area (Å²) in [5.74, 6) is -1.10. The molecule has 0 atom stereocenters. The van der Waals surface area contributed by atoms with Crippen LogP contribution < -0.4 is 10.6 Å². The van der Waals surface area contributed by atoms with Crippen molar-refractivity contribution in [3.8, 4) is 0 Å². The molecule has 18 heavy (non-hydrogen) atoms. The number of amides is 2. The van der Waals surface area contributed by atoms with Gasteiger partial charge in [0, 0.05) is 13.2 Å². The van der Waals surface area contributed by atoms with Crippen molar-refractivity contribution in [1.29, 1.82) is 0 Å². The van der Waals surface area contributed by atoms with Gasteiger partial charge in [0.25, 0.3) is 0 Å². The van der Waals surface area contributed by atoms with E-state index in [1.54, 1.807) is 17.9 Å². The molecule has 100 valence electrons. The summed E-state index contributed by atoms with van der Waals surface area (Å²) < 4.78 is 1.59. The molecule has 1 rings (SSSR count). The van der Waals surface area contributed by atoms with Gasteiger partial charge >= 0.3 is 12.0 Å². The van der Waals surface area contributed by atoms with Gasteiger partial charge in [0.1, 0.15) is 5.54 Å². The minimum atomic E-state index is -1.32. The van der Waals surface area contributed by atoms with E-state index in [0.717, 1.165) is 5.69 Å². The van der Waals surface area contributed by atoms with E-state index in [-0.39, 0.29) is 0 Å². The number of aromatic nitrogens is 2. The second-order valence-electron chi connectivity index (χ2n) is 4.53. The van der Waals surface area contributed by atoms with Crippen molar-refractivity contribution in [2.24, 2.45) is 7.05 Å². The van der Waals surface area contributed by atoms with Gasteiger partial charge in [-0.1, -0.05) is 6.92 Å². The summed E-state index contributed by atoms with van der Waals surface area (Å²) >= 11 is 0. The van der Waals surface area contributed by atoms with E-state index < -0.39 is 17.5 Å². The molecule has 2 amide bonds. The normalized spacial score (nSPS) is 11.1. The predicted molar refractivity (Wildman–Crippen MR) is 66.5 cm³/mol. The van der Waals surface area contributed by atoms with E-state index in [1.807, 2.05) is 6.92 Å². The number of carboxylic acids is 1. The van der Waals surface area contributed by atoms with Gasteiger partial charge in [0.2, 0.25) is 0 Å². The highest BCUT2D eigenvalue weighted by molar-refractivity contribution is 5.93. The third-order valence-electron chi connectivity index (χ3n) is 2.45. The molecular formula is C11H18N4O3. The molecule has 0 fully saturated rings. The molecular weight excluding hydrogens is 236 g/mol. The Labute approximate surface area is 105 Å². The summed E-state index contributed by atoms with van der Waals surface area (Å²) in [6.07, 6.45) is 2.35. The molecule has 0 saturated carbocycles. The SMILES string of the molecule is CCc1nn(C)cc1NC(=O)NC(C)(C)C(=O)O. The number of carbonyl (C=O) groups excluding carboxylic acids is 1. The Kier molecular flexibility index (Phi) is 3.95. The lowest BCUT2D eigenvalue weighted by Crippen LogP contribution is -2.51. The van der Waals surface area contributed by atoms with Crippen molar-refractivity contribution in [3.63, 3.8) is 0 Å². The minimum absolute atomic E-state index is 0.565. The summed E-state index contributed by atoms with van der Waals surface area (Å²) in [6, 6.07) is -0.565. The summed E-state index contributed by atoms with van der Waals surface area (Å²) in [6.45, 7) is 4.75. The molecule has 1 aromatic rings. The fourth-order valence-corrected chi connectivity index (χ4v) is 1.39. The zero-order chi connectivity index (χ0) is 13.9. The molecule has 0 radical (unpaired) electrons. The van der Waals surface area contributed by atoms with Gasteiger partial charge in [-0.3, -0.25) is 4.68 Å². The number of anilines is 1. The van der Waals surface area contributed by atoms with E-state index >= 15 is 0 Å². The highest BCUT2D eigenvalue weighted by Crippen LogP contribution is 2.13. The lowest BCUT2D eigenvalue weighted by Gasteiger charge is -2.21. The molecule has 3 N–H and O–H groups in total. The fourth-order valence-electron chi connectivity index (χ4n) is 1.39. The first-order chi connectivity index (χ1) is 8.26. The third-order valence-corrected chi connectivity index (χ3v) is 2.45. The first-order valence-electron chi connectivity index (χ1n) is 5.61. The van der Waals surface area contributed by atoms with Crippen LogP contribution in [-0.4, -0.2) is 32.4 Å². The van der Waals surface area contributed by atoms with Crippen LogP contribution in [0.25, 0.3) is 0 Å². The monoisotopic (exact) mass is 254 g/mol. The molecule has 1 heterocycles. The largest absolute Gasteiger partial charge is 0.480 e. The first-order valence-corrected chi connectivity index (χ1v) is 5.61. The summed E-state index contributed by atoms with van der Waals surface area (Å²) in [4.78, 5) is 22.6. The van der Waals surface area contributed by atoms with Crippen LogP contribution in [0.2, 0.25) is 0 Å². The van der Waals surface area contributed by atoms with E-state index in [9.17, 15) is 9.59 Å². The smallest absolute Gasteiger partial charge is 0.328 e. The Morgan fingerprint density at radius 1 is 1.50 bits per heavy atom. The van der Waals surface area contributed by atoms with Crippen LogP contribution in [-0.2, 0) is 18.3 Å². The molecule has 0 aromatic carbocycles. The molecule has 7 heteroatoms. The second kappa shape index (κ2) is 5.07. The number of carbonyl (C=O) groups is 2. The minimum Gasteiger partial charge on any atom is -0.480 e. The molecule has 0 aliphatic heterocycles. The van der Waals surface area contributed by atoms with Crippen molar-refractivity contribution >= 4 is 17.7 Å². The molecule has 0 unspecified atom stereocenters. The van der Waals surface area contributed by atoms with Gasteiger partial charge in [0.15, 0.2) is 0 Å². The number of aliphatic carboxylic acids is 1. The Morgan fingerprint density at radius 2 is 2.11 bits per heavy atom. The Bertz CT molecular complexity index is 465. The Hall–Kier alpha value is -2.05.